The highest BCUT2D eigenvalue weighted by Crippen LogP contribution is 2.02. The second-order valence-electron chi connectivity index (χ2n) is 4.53. The first-order chi connectivity index (χ1) is 8.20. The fourth-order valence-electron chi connectivity index (χ4n) is 1.65. The predicted octanol–water partition coefficient (Wildman–Crippen LogP) is 2.87. The summed E-state index contributed by atoms with van der Waals surface area (Å²) in [6.07, 6.45) is 6.28. The zero-order valence-corrected chi connectivity index (χ0v) is 11.4. The standard InChI is InChI=1S/C14H27NO2/c1-3-5-11-15-12-6-8-14(17)10-9-13(16)7-4-2/h15H,3-12H2,1-2H3. The summed E-state index contributed by atoms with van der Waals surface area (Å²) in [4.78, 5) is 22.7. The minimum Gasteiger partial charge on any atom is -0.317 e. The zero-order chi connectivity index (χ0) is 12.9. The lowest BCUT2D eigenvalue weighted by Gasteiger charge is -2.03. The smallest absolute Gasteiger partial charge is 0.133 e. The summed E-state index contributed by atoms with van der Waals surface area (Å²) in [6.45, 7) is 6.11. The molecule has 0 aromatic carbocycles. The maximum absolute atomic E-state index is 11.5. The Hall–Kier alpha value is -0.700. The van der Waals surface area contributed by atoms with Crippen molar-refractivity contribution < 1.29 is 9.59 Å². The van der Waals surface area contributed by atoms with Crippen LogP contribution in [0.2, 0.25) is 0 Å². The Bertz CT molecular complexity index is 214. The summed E-state index contributed by atoms with van der Waals surface area (Å²) in [7, 11) is 0. The number of unbranched alkanes of at least 4 members (excludes halogenated alkanes) is 1. The third-order valence-corrected chi connectivity index (χ3v) is 2.73. The molecular formula is C14H27NO2. The molecule has 0 heterocycles. The number of nitrogens with one attached hydrogen (secondary N) is 1. The van der Waals surface area contributed by atoms with Gasteiger partial charge in [0.2, 0.25) is 0 Å². The Morgan fingerprint density at radius 3 is 1.94 bits per heavy atom. The first kappa shape index (κ1) is 16.3. The molecule has 0 radical (unpaired) electrons. The number of Topliss-reactive ketones (excluding diaryl/α,β-unsaturated/α-hetero) is 2. The molecule has 3 nitrogen and oxygen atoms in total. The van der Waals surface area contributed by atoms with Crippen molar-refractivity contribution in [3.8, 4) is 0 Å². The first-order valence-corrected chi connectivity index (χ1v) is 6.94. The monoisotopic (exact) mass is 241 g/mol. The van der Waals surface area contributed by atoms with Crippen LogP contribution in [0, 0.1) is 0 Å². The molecule has 0 saturated heterocycles. The average molecular weight is 241 g/mol. The van der Waals surface area contributed by atoms with Crippen LogP contribution in [-0.2, 0) is 9.59 Å². The number of hydrogen-bond acceptors (Lipinski definition) is 3. The van der Waals surface area contributed by atoms with Crippen LogP contribution in [0.1, 0.15) is 65.2 Å². The van der Waals surface area contributed by atoms with Crippen molar-refractivity contribution in [1.29, 1.82) is 0 Å². The van der Waals surface area contributed by atoms with Gasteiger partial charge in [0.05, 0.1) is 0 Å². The Morgan fingerprint density at radius 2 is 1.35 bits per heavy atom. The molecule has 1 N–H and O–H groups in total. The molecule has 0 rings (SSSR count). The second-order valence-corrected chi connectivity index (χ2v) is 4.53. The van der Waals surface area contributed by atoms with E-state index in [-0.39, 0.29) is 11.6 Å². The minimum atomic E-state index is 0.224. The van der Waals surface area contributed by atoms with Crippen molar-refractivity contribution in [1.82, 2.24) is 5.32 Å². The van der Waals surface area contributed by atoms with Gasteiger partial charge >= 0.3 is 0 Å². The second kappa shape index (κ2) is 11.8. The summed E-state index contributed by atoms with van der Waals surface area (Å²) >= 11 is 0. The molecule has 0 aliphatic rings. The zero-order valence-electron chi connectivity index (χ0n) is 11.4. The molecule has 0 aliphatic heterocycles. The van der Waals surface area contributed by atoms with E-state index in [2.05, 4.69) is 12.2 Å². The van der Waals surface area contributed by atoms with Gasteiger partial charge in [-0.05, 0) is 32.4 Å². The average Bonchev–Trinajstić information content (AvgIpc) is 2.31. The quantitative estimate of drug-likeness (QED) is 0.534. The van der Waals surface area contributed by atoms with Gasteiger partial charge in [0, 0.05) is 25.7 Å². The highest BCUT2D eigenvalue weighted by atomic mass is 16.1. The summed E-state index contributed by atoms with van der Waals surface area (Å²) in [5.41, 5.74) is 0. The topological polar surface area (TPSA) is 46.2 Å². The Kier molecular flexibility index (Phi) is 11.3. The van der Waals surface area contributed by atoms with Crippen LogP contribution >= 0.6 is 0 Å². The van der Waals surface area contributed by atoms with Crippen LogP contribution in [0.15, 0.2) is 0 Å². The minimum absolute atomic E-state index is 0.224. The maximum Gasteiger partial charge on any atom is 0.133 e. The molecule has 0 spiro atoms. The normalized spacial score (nSPS) is 10.5. The third-order valence-electron chi connectivity index (χ3n) is 2.73. The lowest BCUT2D eigenvalue weighted by Crippen LogP contribution is -2.17. The van der Waals surface area contributed by atoms with Gasteiger partial charge in [0.1, 0.15) is 11.6 Å². The van der Waals surface area contributed by atoms with Gasteiger partial charge in [-0.1, -0.05) is 20.3 Å². The van der Waals surface area contributed by atoms with E-state index in [1.807, 2.05) is 6.92 Å². The molecule has 0 saturated carbocycles. The number of carbonyl (C=O) groups is 2. The molecule has 0 unspecified atom stereocenters. The molecule has 0 bridgehead atoms. The molecule has 0 aromatic heterocycles. The van der Waals surface area contributed by atoms with E-state index in [1.165, 1.54) is 12.8 Å². The fourth-order valence-corrected chi connectivity index (χ4v) is 1.65. The summed E-state index contributed by atoms with van der Waals surface area (Å²) in [5.74, 6) is 0.452. The molecular weight excluding hydrogens is 214 g/mol. The maximum atomic E-state index is 11.5. The number of ketones is 2. The van der Waals surface area contributed by atoms with Crippen molar-refractivity contribution in [2.45, 2.75) is 65.2 Å². The van der Waals surface area contributed by atoms with Crippen molar-refractivity contribution in [3.63, 3.8) is 0 Å². The molecule has 0 aromatic rings. The van der Waals surface area contributed by atoms with Gasteiger partial charge in [-0.25, -0.2) is 0 Å². The van der Waals surface area contributed by atoms with E-state index in [0.29, 0.717) is 25.7 Å². The summed E-state index contributed by atoms with van der Waals surface area (Å²) in [6, 6.07) is 0. The van der Waals surface area contributed by atoms with Crippen LogP contribution in [0.4, 0.5) is 0 Å². The Morgan fingerprint density at radius 1 is 0.765 bits per heavy atom. The van der Waals surface area contributed by atoms with Crippen molar-refractivity contribution in [3.05, 3.63) is 0 Å². The van der Waals surface area contributed by atoms with Gasteiger partial charge in [0.15, 0.2) is 0 Å². The van der Waals surface area contributed by atoms with Gasteiger partial charge in [-0.15, -0.1) is 0 Å². The Labute approximate surface area is 105 Å². The van der Waals surface area contributed by atoms with Crippen molar-refractivity contribution in [2.24, 2.45) is 0 Å². The van der Waals surface area contributed by atoms with Crippen LogP contribution < -0.4 is 5.32 Å². The molecule has 0 aliphatic carbocycles. The highest BCUT2D eigenvalue weighted by molar-refractivity contribution is 5.85. The van der Waals surface area contributed by atoms with E-state index in [4.69, 9.17) is 0 Å². The van der Waals surface area contributed by atoms with Gasteiger partial charge < -0.3 is 5.32 Å². The van der Waals surface area contributed by atoms with E-state index in [9.17, 15) is 9.59 Å². The van der Waals surface area contributed by atoms with E-state index >= 15 is 0 Å². The fraction of sp³-hybridized carbons (Fsp3) is 0.857. The first-order valence-electron chi connectivity index (χ1n) is 6.94. The van der Waals surface area contributed by atoms with Gasteiger partial charge in [-0.2, -0.15) is 0 Å². The molecule has 0 amide bonds. The SMILES string of the molecule is CCCCNCCCC(=O)CCC(=O)CCC. The van der Waals surface area contributed by atoms with Crippen molar-refractivity contribution in [2.75, 3.05) is 13.1 Å². The number of carbonyl (C=O) groups excluding carboxylic acids is 2. The largest absolute Gasteiger partial charge is 0.317 e. The molecule has 100 valence electrons. The van der Waals surface area contributed by atoms with Gasteiger partial charge in [0.25, 0.3) is 0 Å². The lowest BCUT2D eigenvalue weighted by molar-refractivity contribution is -0.124. The van der Waals surface area contributed by atoms with Crippen LogP contribution in [-0.4, -0.2) is 24.7 Å². The summed E-state index contributed by atoms with van der Waals surface area (Å²) in [5, 5.41) is 3.31. The third kappa shape index (κ3) is 11.6. The van der Waals surface area contributed by atoms with Crippen molar-refractivity contribution >= 4 is 11.6 Å². The Balaban J connectivity index is 3.31. The van der Waals surface area contributed by atoms with E-state index < -0.39 is 0 Å². The molecule has 3 heteroatoms. The summed E-state index contributed by atoms with van der Waals surface area (Å²) < 4.78 is 0. The van der Waals surface area contributed by atoms with Gasteiger partial charge in [-0.3, -0.25) is 9.59 Å². The molecule has 17 heavy (non-hydrogen) atoms. The highest BCUT2D eigenvalue weighted by Gasteiger charge is 2.05. The number of hydrogen-bond donors (Lipinski definition) is 1. The molecule has 0 atom stereocenters. The van der Waals surface area contributed by atoms with E-state index in [1.54, 1.807) is 0 Å². The van der Waals surface area contributed by atoms with Crippen LogP contribution in [0.3, 0.4) is 0 Å². The van der Waals surface area contributed by atoms with Crippen LogP contribution in [0.5, 0.6) is 0 Å². The molecule has 0 fully saturated rings. The van der Waals surface area contributed by atoms with Crippen LogP contribution in [0.25, 0.3) is 0 Å². The predicted molar refractivity (Wildman–Crippen MR) is 71.2 cm³/mol. The number of rotatable bonds is 12. The van der Waals surface area contributed by atoms with E-state index in [0.717, 1.165) is 25.9 Å². The lowest BCUT2D eigenvalue weighted by atomic mass is 10.1.